The summed E-state index contributed by atoms with van der Waals surface area (Å²) < 4.78 is 18.9. The van der Waals surface area contributed by atoms with Gasteiger partial charge in [0.25, 0.3) is 0 Å². The van der Waals surface area contributed by atoms with Gasteiger partial charge in [0.1, 0.15) is 5.75 Å². The Balaban J connectivity index is 2.21. The fourth-order valence-corrected chi connectivity index (χ4v) is 1.71. The van der Waals surface area contributed by atoms with E-state index in [1.807, 2.05) is 6.92 Å². The Kier molecular flexibility index (Phi) is 4.15. The quantitative estimate of drug-likeness (QED) is 0.855. The second-order valence-corrected chi connectivity index (χ2v) is 4.22. The first-order valence-electron chi connectivity index (χ1n) is 6.00. The van der Waals surface area contributed by atoms with Gasteiger partial charge in [-0.1, -0.05) is 18.2 Å². The van der Waals surface area contributed by atoms with Crippen molar-refractivity contribution in [2.45, 2.75) is 6.92 Å². The molecule has 0 aliphatic carbocycles. The largest absolute Gasteiger partial charge is 0.478 e. The Morgan fingerprint density at radius 2 is 2.00 bits per heavy atom. The monoisotopic (exact) mass is 272 g/mol. The molecule has 2 rings (SSSR count). The van der Waals surface area contributed by atoms with Crippen molar-refractivity contribution in [3.05, 3.63) is 65.5 Å². The molecule has 0 saturated carbocycles. The van der Waals surface area contributed by atoms with Crippen molar-refractivity contribution in [3.63, 3.8) is 0 Å². The van der Waals surface area contributed by atoms with E-state index >= 15 is 0 Å². The number of rotatable bonds is 4. The molecule has 0 atom stereocenters. The Morgan fingerprint density at radius 3 is 2.65 bits per heavy atom. The molecule has 102 valence electrons. The SMILES string of the molecule is Cc1cc(Oc2ccccc2F)ccc1C=CC(=O)O. The van der Waals surface area contributed by atoms with Crippen LogP contribution in [0, 0.1) is 12.7 Å². The number of hydrogen-bond acceptors (Lipinski definition) is 2. The number of halogens is 1. The van der Waals surface area contributed by atoms with E-state index in [2.05, 4.69) is 0 Å². The van der Waals surface area contributed by atoms with Gasteiger partial charge in [0.2, 0.25) is 0 Å². The first-order valence-corrected chi connectivity index (χ1v) is 6.00. The van der Waals surface area contributed by atoms with E-state index in [1.54, 1.807) is 36.4 Å². The number of aliphatic carboxylic acids is 1. The van der Waals surface area contributed by atoms with Gasteiger partial charge in [-0.25, -0.2) is 9.18 Å². The van der Waals surface area contributed by atoms with E-state index in [1.165, 1.54) is 12.1 Å². The average molecular weight is 272 g/mol. The van der Waals surface area contributed by atoms with Gasteiger partial charge < -0.3 is 9.84 Å². The van der Waals surface area contributed by atoms with Gasteiger partial charge in [-0.2, -0.15) is 0 Å². The molecule has 1 N–H and O–H groups in total. The van der Waals surface area contributed by atoms with E-state index in [0.717, 1.165) is 17.2 Å². The van der Waals surface area contributed by atoms with Gasteiger partial charge in [0, 0.05) is 6.08 Å². The van der Waals surface area contributed by atoms with Crippen LogP contribution in [0.3, 0.4) is 0 Å². The van der Waals surface area contributed by atoms with Gasteiger partial charge in [-0.05, 0) is 48.4 Å². The van der Waals surface area contributed by atoms with Gasteiger partial charge in [0.05, 0.1) is 0 Å². The first kappa shape index (κ1) is 13.8. The van der Waals surface area contributed by atoms with Crippen LogP contribution in [0.2, 0.25) is 0 Å². The highest BCUT2D eigenvalue weighted by Gasteiger charge is 2.04. The van der Waals surface area contributed by atoms with Crippen molar-refractivity contribution in [2.24, 2.45) is 0 Å². The number of ether oxygens (including phenoxy) is 1. The number of hydrogen-bond donors (Lipinski definition) is 1. The third-order valence-electron chi connectivity index (χ3n) is 2.71. The zero-order valence-corrected chi connectivity index (χ0v) is 10.8. The third-order valence-corrected chi connectivity index (χ3v) is 2.71. The number of carboxylic acid groups (broad SMARTS) is 1. The molecule has 0 amide bonds. The maximum Gasteiger partial charge on any atom is 0.328 e. The van der Waals surface area contributed by atoms with Gasteiger partial charge in [-0.3, -0.25) is 0 Å². The minimum Gasteiger partial charge on any atom is -0.478 e. The molecule has 0 aliphatic rings. The highest BCUT2D eigenvalue weighted by Crippen LogP contribution is 2.26. The standard InChI is InChI=1S/C16H13FO3/c1-11-10-13(8-6-12(11)7-9-16(18)19)20-15-5-3-2-4-14(15)17/h2-10H,1H3,(H,18,19). The lowest BCUT2D eigenvalue weighted by Gasteiger charge is -2.08. The summed E-state index contributed by atoms with van der Waals surface area (Å²) in [6, 6.07) is 11.3. The van der Waals surface area contributed by atoms with Crippen LogP contribution in [0.5, 0.6) is 11.5 Å². The van der Waals surface area contributed by atoms with Crippen LogP contribution in [-0.4, -0.2) is 11.1 Å². The Hall–Kier alpha value is -2.62. The molecule has 4 heteroatoms. The predicted molar refractivity (Wildman–Crippen MR) is 74.3 cm³/mol. The fourth-order valence-electron chi connectivity index (χ4n) is 1.71. The smallest absolute Gasteiger partial charge is 0.328 e. The second-order valence-electron chi connectivity index (χ2n) is 4.22. The van der Waals surface area contributed by atoms with Crippen LogP contribution in [0.25, 0.3) is 6.08 Å². The van der Waals surface area contributed by atoms with Gasteiger partial charge in [-0.15, -0.1) is 0 Å². The molecule has 0 unspecified atom stereocenters. The summed E-state index contributed by atoms with van der Waals surface area (Å²) in [5.41, 5.74) is 1.62. The Bertz CT molecular complexity index is 663. The molecular formula is C16H13FO3. The van der Waals surface area contributed by atoms with Gasteiger partial charge in [0.15, 0.2) is 11.6 Å². The lowest BCUT2D eigenvalue weighted by molar-refractivity contribution is -0.131. The number of aryl methyl sites for hydroxylation is 1. The van der Waals surface area contributed by atoms with Crippen LogP contribution < -0.4 is 4.74 Å². The van der Waals surface area contributed by atoms with Crippen LogP contribution >= 0.6 is 0 Å². The molecule has 0 fully saturated rings. The maximum absolute atomic E-state index is 13.5. The lowest BCUT2D eigenvalue weighted by atomic mass is 10.1. The summed E-state index contributed by atoms with van der Waals surface area (Å²) in [5.74, 6) is -0.781. The molecule has 20 heavy (non-hydrogen) atoms. The summed E-state index contributed by atoms with van der Waals surface area (Å²) in [5, 5.41) is 8.59. The predicted octanol–water partition coefficient (Wildman–Crippen LogP) is 4.02. The highest BCUT2D eigenvalue weighted by atomic mass is 19.1. The van der Waals surface area contributed by atoms with Crippen molar-refractivity contribution >= 4 is 12.0 Å². The van der Waals surface area contributed by atoms with Crippen LogP contribution in [-0.2, 0) is 4.79 Å². The van der Waals surface area contributed by atoms with E-state index < -0.39 is 11.8 Å². The number of benzene rings is 2. The number of carbonyl (C=O) groups is 1. The van der Waals surface area contributed by atoms with E-state index in [-0.39, 0.29) is 5.75 Å². The summed E-state index contributed by atoms with van der Waals surface area (Å²) >= 11 is 0. The molecule has 0 aliphatic heterocycles. The van der Waals surface area contributed by atoms with E-state index in [9.17, 15) is 9.18 Å². The van der Waals surface area contributed by atoms with E-state index in [4.69, 9.17) is 9.84 Å². The Morgan fingerprint density at radius 1 is 1.25 bits per heavy atom. The fraction of sp³-hybridized carbons (Fsp3) is 0.0625. The normalized spacial score (nSPS) is 10.7. The van der Waals surface area contributed by atoms with Crippen molar-refractivity contribution < 1.29 is 19.0 Å². The zero-order chi connectivity index (χ0) is 14.5. The molecule has 0 saturated heterocycles. The average Bonchev–Trinajstić information content (AvgIpc) is 2.40. The van der Waals surface area contributed by atoms with E-state index in [0.29, 0.717) is 5.75 Å². The van der Waals surface area contributed by atoms with Crippen molar-refractivity contribution in [2.75, 3.05) is 0 Å². The van der Waals surface area contributed by atoms with Crippen molar-refractivity contribution in [3.8, 4) is 11.5 Å². The second kappa shape index (κ2) is 6.02. The Labute approximate surface area is 115 Å². The highest BCUT2D eigenvalue weighted by molar-refractivity contribution is 5.85. The van der Waals surface area contributed by atoms with Crippen LogP contribution in [0.4, 0.5) is 4.39 Å². The first-order chi connectivity index (χ1) is 9.56. The molecule has 2 aromatic carbocycles. The zero-order valence-electron chi connectivity index (χ0n) is 10.8. The minimum absolute atomic E-state index is 0.153. The van der Waals surface area contributed by atoms with Crippen molar-refractivity contribution in [1.29, 1.82) is 0 Å². The minimum atomic E-state index is -1.00. The summed E-state index contributed by atoms with van der Waals surface area (Å²) in [6.45, 7) is 1.83. The summed E-state index contributed by atoms with van der Waals surface area (Å²) in [6.07, 6.45) is 2.57. The molecular weight excluding hydrogens is 259 g/mol. The van der Waals surface area contributed by atoms with Crippen LogP contribution in [0.15, 0.2) is 48.5 Å². The molecule has 0 spiro atoms. The van der Waals surface area contributed by atoms with Crippen molar-refractivity contribution in [1.82, 2.24) is 0 Å². The molecule has 0 heterocycles. The molecule has 0 bridgehead atoms. The number of carboxylic acids is 1. The van der Waals surface area contributed by atoms with Crippen LogP contribution in [0.1, 0.15) is 11.1 Å². The summed E-state index contributed by atoms with van der Waals surface area (Å²) in [7, 11) is 0. The molecule has 3 nitrogen and oxygen atoms in total. The maximum atomic E-state index is 13.5. The van der Waals surface area contributed by atoms with Gasteiger partial charge >= 0.3 is 5.97 Å². The number of para-hydroxylation sites is 1. The lowest BCUT2D eigenvalue weighted by Crippen LogP contribution is -1.90. The molecule has 2 aromatic rings. The topological polar surface area (TPSA) is 46.5 Å². The molecule has 0 aromatic heterocycles. The third kappa shape index (κ3) is 3.45. The molecule has 0 radical (unpaired) electrons. The summed E-state index contributed by atoms with van der Waals surface area (Å²) in [4.78, 5) is 10.5.